The molecule has 2 aromatic rings. The molecule has 0 saturated heterocycles. The molecule has 0 radical (unpaired) electrons. The molecular weight excluding hydrogens is 246 g/mol. The third kappa shape index (κ3) is 3.05. The van der Waals surface area contributed by atoms with Gasteiger partial charge in [0, 0.05) is 26.1 Å². The number of anilines is 1. The van der Waals surface area contributed by atoms with Crippen LogP contribution >= 0.6 is 23.1 Å². The van der Waals surface area contributed by atoms with Gasteiger partial charge in [-0.1, -0.05) is 13.0 Å². The van der Waals surface area contributed by atoms with Gasteiger partial charge in [-0.2, -0.15) is 0 Å². The molecule has 1 aromatic carbocycles. The largest absolute Gasteiger partial charge is 0.398 e. The van der Waals surface area contributed by atoms with Gasteiger partial charge in [-0.25, -0.2) is 0 Å². The van der Waals surface area contributed by atoms with Crippen molar-refractivity contribution in [2.45, 2.75) is 30.9 Å². The van der Waals surface area contributed by atoms with E-state index in [2.05, 4.69) is 32.0 Å². The van der Waals surface area contributed by atoms with E-state index in [1.165, 1.54) is 20.2 Å². The fraction of sp³-hybridized carbons (Fsp3) is 0.286. The number of nitrogen functional groups attached to an aromatic ring is 1. The van der Waals surface area contributed by atoms with Gasteiger partial charge < -0.3 is 5.73 Å². The van der Waals surface area contributed by atoms with E-state index in [1.54, 1.807) is 0 Å². The Morgan fingerprint density at radius 3 is 2.65 bits per heavy atom. The molecule has 0 aliphatic rings. The Hall–Kier alpha value is -0.930. The summed E-state index contributed by atoms with van der Waals surface area (Å²) in [5.74, 6) is 1.04. The molecule has 17 heavy (non-hydrogen) atoms. The number of aryl methyl sites for hydroxylation is 1. The van der Waals surface area contributed by atoms with Crippen LogP contribution in [0, 0.1) is 6.92 Å². The van der Waals surface area contributed by atoms with Crippen molar-refractivity contribution in [3.8, 4) is 0 Å². The van der Waals surface area contributed by atoms with Crippen molar-refractivity contribution < 1.29 is 0 Å². The minimum Gasteiger partial charge on any atom is -0.398 e. The van der Waals surface area contributed by atoms with Gasteiger partial charge in [0.1, 0.15) is 0 Å². The van der Waals surface area contributed by atoms with Crippen LogP contribution in [0.4, 0.5) is 5.69 Å². The zero-order valence-electron chi connectivity index (χ0n) is 10.2. The van der Waals surface area contributed by atoms with Crippen molar-refractivity contribution >= 4 is 28.8 Å². The molecule has 0 aliphatic heterocycles. The van der Waals surface area contributed by atoms with Gasteiger partial charge in [0.2, 0.25) is 0 Å². The molecule has 1 heterocycles. The van der Waals surface area contributed by atoms with Crippen molar-refractivity contribution in [2.24, 2.45) is 0 Å². The van der Waals surface area contributed by atoms with Gasteiger partial charge in [-0.05, 0) is 43.2 Å². The molecule has 0 bridgehead atoms. The van der Waals surface area contributed by atoms with E-state index in [0.29, 0.717) is 0 Å². The Morgan fingerprint density at radius 1 is 1.18 bits per heavy atom. The minimum atomic E-state index is 0.885. The smallest absolute Gasteiger partial charge is 0.0354 e. The maximum Gasteiger partial charge on any atom is 0.0354 e. The molecule has 0 saturated carbocycles. The molecule has 2 N–H and O–H groups in total. The molecule has 0 atom stereocenters. The first-order chi connectivity index (χ1) is 8.20. The maximum absolute atomic E-state index is 5.90. The van der Waals surface area contributed by atoms with Crippen molar-refractivity contribution in [3.05, 3.63) is 45.6 Å². The van der Waals surface area contributed by atoms with Crippen LogP contribution in [-0.2, 0) is 12.2 Å². The summed E-state index contributed by atoms with van der Waals surface area (Å²) in [6.45, 7) is 4.29. The van der Waals surface area contributed by atoms with E-state index in [1.807, 2.05) is 35.2 Å². The highest BCUT2D eigenvalue weighted by Gasteiger charge is 2.04. The van der Waals surface area contributed by atoms with Crippen molar-refractivity contribution in [2.75, 3.05) is 5.73 Å². The van der Waals surface area contributed by atoms with E-state index in [0.717, 1.165) is 17.9 Å². The van der Waals surface area contributed by atoms with Gasteiger partial charge in [-0.15, -0.1) is 23.1 Å². The molecule has 2 rings (SSSR count). The minimum absolute atomic E-state index is 0.885. The van der Waals surface area contributed by atoms with Crippen LogP contribution in [0.25, 0.3) is 0 Å². The number of hydrogen-bond donors (Lipinski definition) is 1. The van der Waals surface area contributed by atoms with Crippen LogP contribution in [0.15, 0.2) is 35.2 Å². The van der Waals surface area contributed by atoms with E-state index in [4.69, 9.17) is 5.73 Å². The third-order valence-electron chi connectivity index (χ3n) is 2.76. The van der Waals surface area contributed by atoms with Crippen LogP contribution in [-0.4, -0.2) is 0 Å². The summed E-state index contributed by atoms with van der Waals surface area (Å²) in [5, 5.41) is 0. The molecular formula is C14H17NS2. The first-order valence-corrected chi connectivity index (χ1v) is 7.56. The molecule has 0 aliphatic carbocycles. The van der Waals surface area contributed by atoms with Gasteiger partial charge in [0.05, 0.1) is 0 Å². The first-order valence-electron chi connectivity index (χ1n) is 5.76. The zero-order chi connectivity index (χ0) is 12.3. The van der Waals surface area contributed by atoms with E-state index in [9.17, 15) is 0 Å². The van der Waals surface area contributed by atoms with Crippen LogP contribution in [0.1, 0.15) is 22.2 Å². The summed E-state index contributed by atoms with van der Waals surface area (Å²) in [6.07, 6.45) is 1.13. The van der Waals surface area contributed by atoms with E-state index in [-0.39, 0.29) is 0 Å². The topological polar surface area (TPSA) is 26.0 Å². The molecule has 0 amide bonds. The van der Waals surface area contributed by atoms with Gasteiger partial charge >= 0.3 is 0 Å². The number of rotatable bonds is 4. The summed E-state index contributed by atoms with van der Waals surface area (Å²) in [4.78, 5) is 4.19. The van der Waals surface area contributed by atoms with Gasteiger partial charge in [0.25, 0.3) is 0 Å². The average Bonchev–Trinajstić information content (AvgIpc) is 2.79. The SMILES string of the molecule is CCc1ccc(CSc2cccc(N)c2C)s1. The molecule has 0 fully saturated rings. The summed E-state index contributed by atoms with van der Waals surface area (Å²) in [7, 11) is 0. The summed E-state index contributed by atoms with van der Waals surface area (Å²) >= 11 is 3.78. The highest BCUT2D eigenvalue weighted by atomic mass is 32.2. The monoisotopic (exact) mass is 263 g/mol. The second-order valence-corrected chi connectivity index (χ2v) is 6.25. The molecule has 0 spiro atoms. The second kappa shape index (κ2) is 5.61. The highest BCUT2D eigenvalue weighted by molar-refractivity contribution is 7.98. The number of nitrogens with two attached hydrogens (primary N) is 1. The highest BCUT2D eigenvalue weighted by Crippen LogP contribution is 2.31. The van der Waals surface area contributed by atoms with Crippen LogP contribution < -0.4 is 5.73 Å². The number of benzene rings is 1. The Bertz CT molecular complexity index is 503. The molecule has 1 aromatic heterocycles. The number of hydrogen-bond acceptors (Lipinski definition) is 3. The average molecular weight is 263 g/mol. The van der Waals surface area contributed by atoms with E-state index >= 15 is 0 Å². The molecule has 0 unspecified atom stereocenters. The van der Waals surface area contributed by atoms with Crippen molar-refractivity contribution in [3.63, 3.8) is 0 Å². The van der Waals surface area contributed by atoms with Crippen LogP contribution in [0.3, 0.4) is 0 Å². The molecule has 1 nitrogen and oxygen atoms in total. The van der Waals surface area contributed by atoms with Crippen LogP contribution in [0.5, 0.6) is 0 Å². The number of thiophene rings is 1. The van der Waals surface area contributed by atoms with E-state index < -0.39 is 0 Å². The third-order valence-corrected chi connectivity index (χ3v) is 5.38. The molecule has 90 valence electrons. The van der Waals surface area contributed by atoms with Crippen molar-refractivity contribution in [1.82, 2.24) is 0 Å². The quantitative estimate of drug-likeness (QED) is 0.649. The second-order valence-electron chi connectivity index (χ2n) is 3.98. The van der Waals surface area contributed by atoms with Crippen molar-refractivity contribution in [1.29, 1.82) is 0 Å². The Labute approximate surface area is 111 Å². The fourth-order valence-corrected chi connectivity index (χ4v) is 3.70. The summed E-state index contributed by atoms with van der Waals surface area (Å²) in [6, 6.07) is 10.6. The lowest BCUT2D eigenvalue weighted by molar-refractivity contribution is 1.19. The Morgan fingerprint density at radius 2 is 1.94 bits per heavy atom. The molecule has 3 heteroatoms. The standard InChI is InChI=1S/C14H17NS2/c1-3-11-7-8-12(17-11)9-16-14-6-4-5-13(15)10(14)2/h4-8H,3,9,15H2,1-2H3. The summed E-state index contributed by atoms with van der Waals surface area (Å²) < 4.78 is 0. The Kier molecular flexibility index (Phi) is 4.13. The normalized spacial score (nSPS) is 10.7. The Balaban J connectivity index is 2.04. The zero-order valence-corrected chi connectivity index (χ0v) is 11.8. The fourth-order valence-electron chi connectivity index (χ4n) is 1.63. The first kappa shape index (κ1) is 12.5. The number of thioether (sulfide) groups is 1. The lowest BCUT2D eigenvalue weighted by Gasteiger charge is -2.06. The summed E-state index contributed by atoms with van der Waals surface area (Å²) in [5.41, 5.74) is 7.99. The van der Waals surface area contributed by atoms with Gasteiger partial charge in [0.15, 0.2) is 0 Å². The van der Waals surface area contributed by atoms with Crippen LogP contribution in [0.2, 0.25) is 0 Å². The lowest BCUT2D eigenvalue weighted by Crippen LogP contribution is -1.90. The van der Waals surface area contributed by atoms with Gasteiger partial charge in [-0.3, -0.25) is 0 Å². The maximum atomic E-state index is 5.90. The predicted octanol–water partition coefficient (Wildman–Crippen LogP) is 4.49. The predicted molar refractivity (Wildman–Crippen MR) is 78.8 cm³/mol. The lowest BCUT2D eigenvalue weighted by atomic mass is 10.2.